The van der Waals surface area contributed by atoms with E-state index < -0.39 is 0 Å². The van der Waals surface area contributed by atoms with E-state index in [1.54, 1.807) is 0 Å². The second-order valence-corrected chi connectivity index (χ2v) is 10.3. The number of aromatic nitrogens is 2. The summed E-state index contributed by atoms with van der Waals surface area (Å²) in [5.74, 6) is 1.62. The maximum absolute atomic E-state index is 13.1. The van der Waals surface area contributed by atoms with E-state index in [9.17, 15) is 4.79 Å². The van der Waals surface area contributed by atoms with Gasteiger partial charge in [-0.15, -0.1) is 0 Å². The van der Waals surface area contributed by atoms with Crippen molar-refractivity contribution in [2.45, 2.75) is 52.0 Å². The lowest BCUT2D eigenvalue weighted by atomic mass is 9.87. The van der Waals surface area contributed by atoms with E-state index >= 15 is 0 Å². The molecule has 0 spiro atoms. The number of likely N-dealkylation sites (tertiary alicyclic amines) is 1. The number of nitrogens with zero attached hydrogens (tertiary/aromatic N) is 4. The molecule has 1 fully saturated rings. The van der Waals surface area contributed by atoms with Crippen LogP contribution < -0.4 is 4.90 Å². The van der Waals surface area contributed by atoms with Crippen molar-refractivity contribution in [3.8, 4) is 11.4 Å². The highest BCUT2D eigenvalue weighted by atomic mass is 16.5. The third-order valence-corrected chi connectivity index (χ3v) is 6.93. The quantitative estimate of drug-likeness (QED) is 0.576. The molecule has 3 heterocycles. The van der Waals surface area contributed by atoms with Crippen LogP contribution in [0.5, 0.6) is 0 Å². The molecule has 3 aromatic rings. The first-order chi connectivity index (χ1) is 15.9. The summed E-state index contributed by atoms with van der Waals surface area (Å²) in [6, 6.07) is 16.6. The number of carbonyl (C=O) groups is 1. The van der Waals surface area contributed by atoms with E-state index in [2.05, 4.69) is 78.3 Å². The zero-order valence-electron chi connectivity index (χ0n) is 19.8. The fourth-order valence-electron chi connectivity index (χ4n) is 4.87. The number of rotatable bonds is 4. The van der Waals surface area contributed by atoms with Gasteiger partial charge in [-0.3, -0.25) is 9.69 Å². The van der Waals surface area contributed by atoms with E-state index in [1.165, 1.54) is 11.1 Å². The summed E-state index contributed by atoms with van der Waals surface area (Å²) in [5.41, 5.74) is 4.74. The third-order valence-electron chi connectivity index (χ3n) is 6.93. The summed E-state index contributed by atoms with van der Waals surface area (Å²) in [5, 5.41) is 4.19. The molecule has 1 saturated heterocycles. The molecule has 0 unspecified atom stereocenters. The molecule has 2 aromatic carbocycles. The van der Waals surface area contributed by atoms with Gasteiger partial charge in [0.15, 0.2) is 0 Å². The van der Waals surface area contributed by atoms with E-state index in [0.29, 0.717) is 18.3 Å². The molecule has 0 aliphatic carbocycles. The van der Waals surface area contributed by atoms with Crippen LogP contribution in [0.3, 0.4) is 0 Å². The van der Waals surface area contributed by atoms with E-state index in [1.807, 2.05) is 11.0 Å². The van der Waals surface area contributed by atoms with Crippen LogP contribution in [-0.2, 0) is 23.2 Å². The van der Waals surface area contributed by atoms with E-state index in [0.717, 1.165) is 50.1 Å². The lowest BCUT2D eigenvalue weighted by Gasteiger charge is -2.32. The Kier molecular flexibility index (Phi) is 5.79. The Labute approximate surface area is 195 Å². The Morgan fingerprint density at radius 1 is 1.03 bits per heavy atom. The molecule has 0 atom stereocenters. The average molecular weight is 445 g/mol. The molecule has 2 aliphatic heterocycles. The van der Waals surface area contributed by atoms with Crippen LogP contribution in [-0.4, -0.2) is 40.6 Å². The van der Waals surface area contributed by atoms with Crippen molar-refractivity contribution in [2.24, 2.45) is 5.92 Å². The van der Waals surface area contributed by atoms with Gasteiger partial charge in [0.25, 0.3) is 0 Å². The normalized spacial score (nSPS) is 17.4. The van der Waals surface area contributed by atoms with Crippen LogP contribution in [0, 0.1) is 5.92 Å². The minimum Gasteiger partial charge on any atom is -0.338 e. The molecule has 6 heteroatoms. The highest BCUT2D eigenvalue weighted by Gasteiger charge is 2.32. The Balaban J connectivity index is 1.16. The zero-order valence-corrected chi connectivity index (χ0v) is 19.8. The van der Waals surface area contributed by atoms with Gasteiger partial charge in [-0.05, 0) is 55.0 Å². The van der Waals surface area contributed by atoms with Crippen LogP contribution in [0.15, 0.2) is 53.1 Å². The third kappa shape index (κ3) is 4.58. The molecule has 1 amide bonds. The van der Waals surface area contributed by atoms with Crippen molar-refractivity contribution in [3.05, 3.63) is 65.5 Å². The number of amides is 1. The van der Waals surface area contributed by atoms with Gasteiger partial charge in [0.1, 0.15) is 0 Å². The fourth-order valence-corrected chi connectivity index (χ4v) is 4.87. The minimum absolute atomic E-state index is 0.0898. The van der Waals surface area contributed by atoms with Crippen LogP contribution in [0.4, 0.5) is 5.69 Å². The molecule has 0 bridgehead atoms. The van der Waals surface area contributed by atoms with Crippen LogP contribution >= 0.6 is 0 Å². The topological polar surface area (TPSA) is 62.5 Å². The first-order valence-electron chi connectivity index (χ1n) is 11.9. The SMILES string of the molecule is CC(C)(C)c1ccc(-c2noc(CN3CCC(C(=O)N4CCc5ccccc54)CC3)n2)cc1. The van der Waals surface area contributed by atoms with Crippen molar-refractivity contribution in [1.29, 1.82) is 0 Å². The number of anilines is 1. The van der Waals surface area contributed by atoms with Crippen LogP contribution in [0.1, 0.15) is 50.6 Å². The van der Waals surface area contributed by atoms with Gasteiger partial charge in [0, 0.05) is 23.7 Å². The molecule has 0 saturated carbocycles. The lowest BCUT2D eigenvalue weighted by molar-refractivity contribution is -0.123. The Morgan fingerprint density at radius 3 is 2.48 bits per heavy atom. The zero-order chi connectivity index (χ0) is 23.0. The molecule has 172 valence electrons. The average Bonchev–Trinajstić information content (AvgIpc) is 3.46. The number of carbonyl (C=O) groups excluding carboxylic acids is 1. The van der Waals surface area contributed by atoms with Gasteiger partial charge in [-0.2, -0.15) is 4.98 Å². The second-order valence-electron chi connectivity index (χ2n) is 10.3. The Morgan fingerprint density at radius 2 is 1.76 bits per heavy atom. The van der Waals surface area contributed by atoms with Gasteiger partial charge in [-0.1, -0.05) is 68.4 Å². The standard InChI is InChI=1S/C27H32N4O2/c1-27(2,3)22-10-8-20(9-11-22)25-28-24(33-29-25)18-30-15-12-21(13-16-30)26(32)31-17-14-19-6-4-5-7-23(19)31/h4-11,21H,12-18H2,1-3H3. The molecular weight excluding hydrogens is 412 g/mol. The molecule has 0 radical (unpaired) electrons. The first kappa shape index (κ1) is 21.8. The number of fused-ring (bicyclic) bond motifs is 1. The van der Waals surface area contributed by atoms with Gasteiger partial charge >= 0.3 is 0 Å². The Hall–Kier alpha value is -2.99. The number of para-hydroxylation sites is 1. The van der Waals surface area contributed by atoms with Crippen molar-refractivity contribution in [2.75, 3.05) is 24.5 Å². The largest absolute Gasteiger partial charge is 0.338 e. The Bertz CT molecular complexity index is 1120. The maximum Gasteiger partial charge on any atom is 0.241 e. The number of hydrogen-bond acceptors (Lipinski definition) is 5. The monoisotopic (exact) mass is 444 g/mol. The molecule has 2 aliphatic rings. The van der Waals surface area contributed by atoms with Crippen molar-refractivity contribution in [3.63, 3.8) is 0 Å². The molecule has 6 nitrogen and oxygen atoms in total. The molecule has 33 heavy (non-hydrogen) atoms. The number of piperidine rings is 1. The summed E-state index contributed by atoms with van der Waals surface area (Å²) in [6.45, 7) is 9.77. The summed E-state index contributed by atoms with van der Waals surface area (Å²) in [4.78, 5) is 22.1. The van der Waals surface area contributed by atoms with E-state index in [-0.39, 0.29) is 17.2 Å². The van der Waals surface area contributed by atoms with Crippen molar-refractivity contribution in [1.82, 2.24) is 15.0 Å². The summed E-state index contributed by atoms with van der Waals surface area (Å²) >= 11 is 0. The van der Waals surface area contributed by atoms with Gasteiger partial charge in [-0.25, -0.2) is 0 Å². The van der Waals surface area contributed by atoms with Crippen LogP contribution in [0.25, 0.3) is 11.4 Å². The summed E-state index contributed by atoms with van der Waals surface area (Å²) in [6.07, 6.45) is 2.69. The number of hydrogen-bond donors (Lipinski definition) is 0. The van der Waals surface area contributed by atoms with Gasteiger partial charge in [0.2, 0.25) is 17.6 Å². The second kappa shape index (κ2) is 8.75. The van der Waals surface area contributed by atoms with Gasteiger partial charge in [0.05, 0.1) is 6.54 Å². The number of benzene rings is 2. The summed E-state index contributed by atoms with van der Waals surface area (Å²) in [7, 11) is 0. The van der Waals surface area contributed by atoms with Crippen molar-refractivity contribution >= 4 is 11.6 Å². The van der Waals surface area contributed by atoms with Gasteiger partial charge < -0.3 is 9.42 Å². The fraction of sp³-hybridized carbons (Fsp3) is 0.444. The molecular formula is C27H32N4O2. The predicted octanol–water partition coefficient (Wildman–Crippen LogP) is 4.84. The highest BCUT2D eigenvalue weighted by Crippen LogP contribution is 2.31. The molecule has 5 rings (SSSR count). The summed E-state index contributed by atoms with van der Waals surface area (Å²) < 4.78 is 5.54. The van der Waals surface area contributed by atoms with Crippen LogP contribution in [0.2, 0.25) is 0 Å². The first-order valence-corrected chi connectivity index (χ1v) is 11.9. The molecule has 0 N–H and O–H groups in total. The van der Waals surface area contributed by atoms with Crippen molar-refractivity contribution < 1.29 is 9.32 Å². The smallest absolute Gasteiger partial charge is 0.241 e. The molecule has 1 aromatic heterocycles. The lowest BCUT2D eigenvalue weighted by Crippen LogP contribution is -2.42. The predicted molar refractivity (Wildman–Crippen MR) is 129 cm³/mol. The maximum atomic E-state index is 13.1. The van der Waals surface area contributed by atoms with E-state index in [4.69, 9.17) is 4.52 Å². The minimum atomic E-state index is 0.0898. The highest BCUT2D eigenvalue weighted by molar-refractivity contribution is 5.97.